The highest BCUT2D eigenvalue weighted by Gasteiger charge is 2.17. The van der Waals surface area contributed by atoms with E-state index >= 15 is 0 Å². The number of aryl methyl sites for hydroxylation is 1. The van der Waals surface area contributed by atoms with Crippen molar-refractivity contribution in [2.75, 3.05) is 31.1 Å². The fourth-order valence-corrected chi connectivity index (χ4v) is 3.01. The van der Waals surface area contributed by atoms with Gasteiger partial charge < -0.3 is 4.90 Å². The third-order valence-electron chi connectivity index (χ3n) is 4.23. The van der Waals surface area contributed by atoms with Gasteiger partial charge in [-0.1, -0.05) is 30.3 Å². The van der Waals surface area contributed by atoms with Gasteiger partial charge in [0.15, 0.2) is 0 Å². The number of aldehydes is 1. The molecule has 0 bridgehead atoms. The van der Waals surface area contributed by atoms with Crippen molar-refractivity contribution in [1.29, 1.82) is 0 Å². The Morgan fingerprint density at radius 2 is 1.77 bits per heavy atom. The Morgan fingerprint density at radius 3 is 2.50 bits per heavy atom. The largest absolute Gasteiger partial charge is 0.369 e. The molecule has 0 spiro atoms. The quantitative estimate of drug-likeness (QED) is 0.809. The van der Waals surface area contributed by atoms with Crippen molar-refractivity contribution in [1.82, 2.24) is 4.90 Å². The van der Waals surface area contributed by atoms with Gasteiger partial charge in [-0.25, -0.2) is 0 Å². The van der Waals surface area contributed by atoms with Gasteiger partial charge in [-0.3, -0.25) is 9.69 Å². The third kappa shape index (κ3) is 3.55. The van der Waals surface area contributed by atoms with Crippen LogP contribution in [-0.4, -0.2) is 37.4 Å². The van der Waals surface area contributed by atoms with E-state index in [0.29, 0.717) is 0 Å². The molecular weight excluding hydrogens is 272 g/mol. The first kappa shape index (κ1) is 14.8. The van der Waals surface area contributed by atoms with E-state index in [1.807, 2.05) is 18.2 Å². The number of carbonyl (C=O) groups excluding carboxylic acids is 1. The molecular formula is C19H22N2O. The lowest BCUT2D eigenvalue weighted by atomic mass is 10.1. The Balaban J connectivity index is 1.58. The summed E-state index contributed by atoms with van der Waals surface area (Å²) in [5, 5.41) is 0. The average Bonchev–Trinajstić information content (AvgIpc) is 2.56. The Labute approximate surface area is 132 Å². The fourth-order valence-electron chi connectivity index (χ4n) is 3.01. The van der Waals surface area contributed by atoms with Crippen LogP contribution in [0.4, 0.5) is 5.69 Å². The van der Waals surface area contributed by atoms with Crippen LogP contribution in [0.3, 0.4) is 0 Å². The van der Waals surface area contributed by atoms with Crippen LogP contribution in [0.15, 0.2) is 48.5 Å². The number of hydrogen-bond donors (Lipinski definition) is 0. The fraction of sp³-hybridized carbons (Fsp3) is 0.316. The van der Waals surface area contributed by atoms with Crippen molar-refractivity contribution in [3.05, 3.63) is 65.2 Å². The minimum atomic E-state index is 0.760. The van der Waals surface area contributed by atoms with E-state index in [9.17, 15) is 4.79 Å². The molecule has 0 aromatic heterocycles. The van der Waals surface area contributed by atoms with Crippen molar-refractivity contribution in [2.24, 2.45) is 0 Å². The Hall–Kier alpha value is -2.13. The molecule has 3 nitrogen and oxygen atoms in total. The second kappa shape index (κ2) is 6.75. The number of anilines is 1. The standard InChI is InChI=1S/C19H22N2O/c1-16-4-2-7-19(12-16)21-10-8-20(9-11-21)14-17-5-3-6-18(13-17)15-22/h2-7,12-13,15H,8-11,14H2,1H3. The highest BCUT2D eigenvalue weighted by molar-refractivity contribution is 5.74. The third-order valence-corrected chi connectivity index (χ3v) is 4.23. The molecule has 22 heavy (non-hydrogen) atoms. The Kier molecular flexibility index (Phi) is 4.54. The first-order valence-corrected chi connectivity index (χ1v) is 7.83. The summed E-state index contributed by atoms with van der Waals surface area (Å²) in [6.07, 6.45) is 0.916. The average molecular weight is 294 g/mol. The molecule has 2 aromatic carbocycles. The molecule has 0 saturated carbocycles. The minimum absolute atomic E-state index is 0.760. The summed E-state index contributed by atoms with van der Waals surface area (Å²) in [5.74, 6) is 0. The molecule has 1 saturated heterocycles. The molecule has 0 amide bonds. The van der Waals surface area contributed by atoms with Gasteiger partial charge >= 0.3 is 0 Å². The zero-order chi connectivity index (χ0) is 15.4. The molecule has 1 fully saturated rings. The van der Waals surface area contributed by atoms with Gasteiger partial charge in [0.25, 0.3) is 0 Å². The van der Waals surface area contributed by atoms with E-state index in [4.69, 9.17) is 0 Å². The zero-order valence-electron chi connectivity index (χ0n) is 13.0. The summed E-state index contributed by atoms with van der Waals surface area (Å²) in [5.41, 5.74) is 4.61. The van der Waals surface area contributed by atoms with E-state index in [1.54, 1.807) is 0 Å². The maximum Gasteiger partial charge on any atom is 0.150 e. The molecule has 1 aliphatic rings. The van der Waals surface area contributed by atoms with Crippen LogP contribution >= 0.6 is 0 Å². The van der Waals surface area contributed by atoms with Gasteiger partial charge in [-0.15, -0.1) is 0 Å². The topological polar surface area (TPSA) is 23.6 Å². The van der Waals surface area contributed by atoms with Gasteiger partial charge in [-0.05, 0) is 36.2 Å². The maximum atomic E-state index is 10.9. The summed E-state index contributed by atoms with van der Waals surface area (Å²) < 4.78 is 0. The van der Waals surface area contributed by atoms with Crippen molar-refractivity contribution >= 4 is 12.0 Å². The van der Waals surface area contributed by atoms with Crippen LogP contribution in [0.2, 0.25) is 0 Å². The van der Waals surface area contributed by atoms with Gasteiger partial charge in [0.1, 0.15) is 6.29 Å². The number of rotatable bonds is 4. The first-order valence-electron chi connectivity index (χ1n) is 7.83. The van der Waals surface area contributed by atoms with Crippen LogP contribution in [0, 0.1) is 6.92 Å². The molecule has 0 unspecified atom stereocenters. The number of carbonyl (C=O) groups is 1. The van der Waals surface area contributed by atoms with Crippen LogP contribution in [0.25, 0.3) is 0 Å². The van der Waals surface area contributed by atoms with E-state index in [0.717, 1.165) is 44.6 Å². The number of hydrogen-bond acceptors (Lipinski definition) is 3. The summed E-state index contributed by atoms with van der Waals surface area (Å²) in [7, 11) is 0. The van der Waals surface area contributed by atoms with E-state index in [2.05, 4.69) is 47.1 Å². The highest BCUT2D eigenvalue weighted by atomic mass is 16.1. The minimum Gasteiger partial charge on any atom is -0.369 e. The van der Waals surface area contributed by atoms with Crippen LogP contribution in [0.1, 0.15) is 21.5 Å². The van der Waals surface area contributed by atoms with E-state index in [1.165, 1.54) is 16.8 Å². The van der Waals surface area contributed by atoms with Crippen molar-refractivity contribution in [3.8, 4) is 0 Å². The molecule has 0 radical (unpaired) electrons. The number of nitrogens with zero attached hydrogens (tertiary/aromatic N) is 2. The maximum absolute atomic E-state index is 10.9. The predicted molar refractivity (Wildman–Crippen MR) is 90.5 cm³/mol. The monoisotopic (exact) mass is 294 g/mol. The van der Waals surface area contributed by atoms with Gasteiger partial charge in [0.2, 0.25) is 0 Å². The first-order chi connectivity index (χ1) is 10.7. The van der Waals surface area contributed by atoms with Crippen molar-refractivity contribution in [2.45, 2.75) is 13.5 Å². The summed E-state index contributed by atoms with van der Waals surface area (Å²) >= 11 is 0. The highest BCUT2D eigenvalue weighted by Crippen LogP contribution is 2.18. The van der Waals surface area contributed by atoms with Crippen LogP contribution in [0.5, 0.6) is 0 Å². The van der Waals surface area contributed by atoms with Gasteiger partial charge in [0, 0.05) is 44.0 Å². The molecule has 0 aliphatic carbocycles. The molecule has 0 N–H and O–H groups in total. The van der Waals surface area contributed by atoms with E-state index in [-0.39, 0.29) is 0 Å². The Morgan fingerprint density at radius 1 is 1.00 bits per heavy atom. The lowest BCUT2D eigenvalue weighted by molar-refractivity contribution is 0.112. The van der Waals surface area contributed by atoms with Crippen molar-refractivity contribution in [3.63, 3.8) is 0 Å². The Bertz CT molecular complexity index is 645. The molecule has 1 aliphatic heterocycles. The van der Waals surface area contributed by atoms with Crippen LogP contribution < -0.4 is 4.90 Å². The second-order valence-electron chi connectivity index (χ2n) is 5.97. The summed E-state index contributed by atoms with van der Waals surface area (Å²) in [6, 6.07) is 16.6. The van der Waals surface area contributed by atoms with Gasteiger partial charge in [-0.2, -0.15) is 0 Å². The molecule has 0 atom stereocenters. The predicted octanol–water partition coefficient (Wildman–Crippen LogP) is 3.13. The smallest absolute Gasteiger partial charge is 0.150 e. The van der Waals surface area contributed by atoms with Crippen molar-refractivity contribution < 1.29 is 4.79 Å². The molecule has 2 aromatic rings. The molecule has 3 rings (SSSR count). The normalized spacial score (nSPS) is 15.8. The number of benzene rings is 2. The summed E-state index contributed by atoms with van der Waals surface area (Å²) in [6.45, 7) is 7.27. The van der Waals surface area contributed by atoms with E-state index < -0.39 is 0 Å². The molecule has 3 heteroatoms. The second-order valence-corrected chi connectivity index (χ2v) is 5.97. The summed E-state index contributed by atoms with van der Waals surface area (Å²) in [4.78, 5) is 15.8. The molecule has 114 valence electrons. The zero-order valence-corrected chi connectivity index (χ0v) is 13.0. The SMILES string of the molecule is Cc1cccc(N2CCN(Cc3cccc(C=O)c3)CC2)c1. The lowest BCUT2D eigenvalue weighted by Gasteiger charge is -2.36. The lowest BCUT2D eigenvalue weighted by Crippen LogP contribution is -2.46. The molecule has 1 heterocycles. The van der Waals surface area contributed by atoms with Gasteiger partial charge in [0.05, 0.1) is 0 Å². The van der Waals surface area contributed by atoms with Crippen LogP contribution in [-0.2, 0) is 6.54 Å². The number of piperazine rings is 1.